The van der Waals surface area contributed by atoms with Crippen LogP contribution in [0.2, 0.25) is 10.0 Å². The molecule has 2 aliphatic heterocycles. The fourth-order valence-electron chi connectivity index (χ4n) is 6.43. The van der Waals surface area contributed by atoms with E-state index >= 15 is 0 Å². The molecule has 10 nitrogen and oxygen atoms in total. The molecular formula is C30H50Cl2N8O2. The Morgan fingerprint density at radius 1 is 0.714 bits per heavy atom. The minimum Gasteiger partial charge on any atom is -0.378 e. The second-order valence-corrected chi connectivity index (χ2v) is 13.9. The molecule has 0 aromatic carbocycles. The van der Waals surface area contributed by atoms with E-state index in [1.807, 2.05) is 0 Å². The number of nitrogens with one attached hydrogen (secondary N) is 2. The molecule has 0 unspecified atom stereocenters. The average molecular weight is 626 g/mol. The van der Waals surface area contributed by atoms with Crippen LogP contribution < -0.4 is 21.8 Å². The van der Waals surface area contributed by atoms with Crippen molar-refractivity contribution in [2.75, 3.05) is 50.9 Å². The van der Waals surface area contributed by atoms with Gasteiger partial charge in [-0.15, -0.1) is 0 Å². The highest BCUT2D eigenvalue weighted by Crippen LogP contribution is 2.27. The molecule has 0 bridgehead atoms. The van der Waals surface area contributed by atoms with Crippen molar-refractivity contribution in [3.63, 3.8) is 0 Å². The summed E-state index contributed by atoms with van der Waals surface area (Å²) in [5.74, 6) is 2.77. The number of nitrogens with zero attached hydrogens (tertiary/aromatic N) is 6. The van der Waals surface area contributed by atoms with Crippen molar-refractivity contribution in [1.82, 2.24) is 29.4 Å². The first kappa shape index (κ1) is 34.4. The quantitative estimate of drug-likeness (QED) is 0.445. The summed E-state index contributed by atoms with van der Waals surface area (Å²) in [5, 5.41) is 15.3. The molecular weight excluding hydrogens is 575 g/mol. The topological polar surface area (TPSA) is 100 Å². The van der Waals surface area contributed by atoms with Crippen molar-refractivity contribution in [1.29, 1.82) is 0 Å². The molecule has 2 fully saturated rings. The van der Waals surface area contributed by atoms with Crippen LogP contribution in [0, 0.1) is 23.7 Å². The number of halogens is 2. The molecule has 0 aliphatic carbocycles. The molecule has 2 aliphatic rings. The van der Waals surface area contributed by atoms with Crippen LogP contribution >= 0.6 is 23.2 Å². The number of hydrogen-bond donors (Lipinski definition) is 2. The fraction of sp³-hybridized carbons (Fsp3) is 0.733. The van der Waals surface area contributed by atoms with E-state index in [9.17, 15) is 9.59 Å². The molecule has 12 heteroatoms. The summed E-state index contributed by atoms with van der Waals surface area (Å²) in [6, 6.07) is 0.609. The van der Waals surface area contributed by atoms with Crippen molar-refractivity contribution in [2.45, 2.75) is 65.5 Å². The van der Waals surface area contributed by atoms with Gasteiger partial charge in [0.25, 0.3) is 11.1 Å². The molecule has 0 spiro atoms. The third-order valence-corrected chi connectivity index (χ3v) is 8.66. The van der Waals surface area contributed by atoms with Crippen LogP contribution in [0.25, 0.3) is 0 Å². The van der Waals surface area contributed by atoms with Crippen molar-refractivity contribution >= 4 is 34.6 Å². The van der Waals surface area contributed by atoms with E-state index in [0.717, 1.165) is 39.0 Å². The SMILES string of the molecule is CC(C)C[C@@H]1C[C@H](Nc2cnn(C)c(=O)c2Cl)CN(C)C1.CC(C)C[C@H]1C[C@@H](Nc2cnn(C)c(=O)c2Cl)CN(C)C1. The first-order chi connectivity index (χ1) is 19.7. The smallest absolute Gasteiger partial charge is 0.287 e. The minimum atomic E-state index is -0.260. The van der Waals surface area contributed by atoms with Crippen LogP contribution in [-0.4, -0.2) is 81.7 Å². The lowest BCUT2D eigenvalue weighted by Crippen LogP contribution is -2.44. The van der Waals surface area contributed by atoms with E-state index in [-0.39, 0.29) is 21.2 Å². The zero-order chi connectivity index (χ0) is 31.1. The number of aryl methyl sites for hydroxylation is 2. The monoisotopic (exact) mass is 624 g/mol. The number of likely N-dealkylation sites (tertiary alicyclic amines) is 2. The Balaban J connectivity index is 0.000000230. The third-order valence-electron chi connectivity index (χ3n) is 7.92. The lowest BCUT2D eigenvalue weighted by molar-refractivity contribution is 0.178. The Morgan fingerprint density at radius 2 is 1.07 bits per heavy atom. The summed E-state index contributed by atoms with van der Waals surface area (Å²) in [4.78, 5) is 28.3. The van der Waals surface area contributed by atoms with Crippen molar-refractivity contribution in [3.8, 4) is 0 Å². The van der Waals surface area contributed by atoms with Gasteiger partial charge < -0.3 is 20.4 Å². The number of likely N-dealkylation sites (N-methyl/N-ethyl adjacent to an activating group) is 2. The van der Waals surface area contributed by atoms with Gasteiger partial charge in [0, 0.05) is 52.4 Å². The van der Waals surface area contributed by atoms with E-state index in [1.54, 1.807) is 26.5 Å². The van der Waals surface area contributed by atoms with E-state index in [4.69, 9.17) is 23.2 Å². The normalized spacial score (nSPS) is 23.5. The second-order valence-electron chi connectivity index (χ2n) is 13.2. The molecule has 42 heavy (non-hydrogen) atoms. The number of aromatic nitrogens is 4. The number of rotatable bonds is 8. The van der Waals surface area contributed by atoms with Crippen molar-refractivity contribution in [2.24, 2.45) is 37.8 Å². The second kappa shape index (κ2) is 15.5. The molecule has 4 rings (SSSR count). The van der Waals surface area contributed by atoms with Crippen LogP contribution in [0.4, 0.5) is 11.4 Å². The van der Waals surface area contributed by atoms with Gasteiger partial charge >= 0.3 is 0 Å². The zero-order valence-corrected chi connectivity index (χ0v) is 28.0. The summed E-state index contributed by atoms with van der Waals surface area (Å²) in [6.45, 7) is 13.2. The average Bonchev–Trinajstić information content (AvgIpc) is 2.88. The number of hydrogen-bond acceptors (Lipinski definition) is 8. The van der Waals surface area contributed by atoms with E-state index in [2.05, 4.69) is 72.4 Å². The highest BCUT2D eigenvalue weighted by molar-refractivity contribution is 6.33. The van der Waals surface area contributed by atoms with Crippen molar-refractivity contribution < 1.29 is 0 Å². The number of piperidine rings is 2. The maximum absolute atomic E-state index is 11.8. The van der Waals surface area contributed by atoms with Gasteiger partial charge in [-0.05, 0) is 63.5 Å². The van der Waals surface area contributed by atoms with Crippen LogP contribution in [-0.2, 0) is 14.1 Å². The molecule has 236 valence electrons. The summed E-state index contributed by atoms with van der Waals surface area (Å²) in [6.07, 6.45) is 7.93. The van der Waals surface area contributed by atoms with Crippen LogP contribution in [0.15, 0.2) is 22.0 Å². The van der Waals surface area contributed by atoms with Gasteiger partial charge in [-0.3, -0.25) is 9.59 Å². The standard InChI is InChI=1S/2C15H25ClN4O/c2*1-10(2)5-11-6-12(9-19(3)8-11)18-13-7-17-20(4)15(21)14(13)16/h2*7,10-12,18H,5-6,8-9H2,1-4H3/t2*11-,12+/m10/s1. The lowest BCUT2D eigenvalue weighted by atomic mass is 9.87. The lowest BCUT2D eigenvalue weighted by Gasteiger charge is -2.37. The third kappa shape index (κ3) is 9.96. The van der Waals surface area contributed by atoms with Gasteiger partial charge in [0.15, 0.2) is 0 Å². The first-order valence-electron chi connectivity index (χ1n) is 15.1. The Kier molecular flexibility index (Phi) is 12.7. The molecule has 0 saturated carbocycles. The van der Waals surface area contributed by atoms with Gasteiger partial charge in [0.05, 0.1) is 23.8 Å². The van der Waals surface area contributed by atoms with Crippen LogP contribution in [0.5, 0.6) is 0 Å². The van der Waals surface area contributed by atoms with Gasteiger partial charge in [-0.1, -0.05) is 50.9 Å². The maximum Gasteiger partial charge on any atom is 0.287 e. The molecule has 0 amide bonds. The van der Waals surface area contributed by atoms with E-state index < -0.39 is 0 Å². The van der Waals surface area contributed by atoms with Gasteiger partial charge in [-0.25, -0.2) is 9.36 Å². The molecule has 0 radical (unpaired) electrons. The van der Waals surface area contributed by atoms with E-state index in [1.165, 1.54) is 22.2 Å². The summed E-state index contributed by atoms with van der Waals surface area (Å²) in [5.41, 5.74) is 0.765. The predicted octanol–water partition coefficient (Wildman–Crippen LogP) is 4.42. The Hall–Kier alpha value is -2.14. The molecule has 2 saturated heterocycles. The number of anilines is 2. The fourth-order valence-corrected chi connectivity index (χ4v) is 6.88. The van der Waals surface area contributed by atoms with Crippen LogP contribution in [0.3, 0.4) is 0 Å². The highest BCUT2D eigenvalue weighted by Gasteiger charge is 2.27. The molecule has 4 atom stereocenters. The Bertz CT molecular complexity index is 1180. The zero-order valence-electron chi connectivity index (χ0n) is 26.5. The molecule has 2 aromatic heterocycles. The van der Waals surface area contributed by atoms with Gasteiger partial charge in [0.1, 0.15) is 10.0 Å². The minimum absolute atomic E-state index is 0.223. The van der Waals surface area contributed by atoms with Crippen molar-refractivity contribution in [3.05, 3.63) is 43.1 Å². The van der Waals surface area contributed by atoms with Gasteiger partial charge in [-0.2, -0.15) is 10.2 Å². The Morgan fingerprint density at radius 3 is 1.40 bits per heavy atom. The predicted molar refractivity (Wildman–Crippen MR) is 174 cm³/mol. The molecule has 2 N–H and O–H groups in total. The largest absolute Gasteiger partial charge is 0.378 e. The summed E-state index contributed by atoms with van der Waals surface area (Å²) < 4.78 is 2.50. The molecule has 4 heterocycles. The summed E-state index contributed by atoms with van der Waals surface area (Å²) in [7, 11) is 7.49. The van der Waals surface area contributed by atoms with E-state index in [0.29, 0.717) is 47.1 Å². The van der Waals surface area contributed by atoms with Gasteiger partial charge in [0.2, 0.25) is 0 Å². The first-order valence-corrected chi connectivity index (χ1v) is 15.8. The maximum atomic E-state index is 11.8. The molecule has 2 aromatic rings. The summed E-state index contributed by atoms with van der Waals surface area (Å²) >= 11 is 12.3. The highest BCUT2D eigenvalue weighted by atomic mass is 35.5. The van der Waals surface area contributed by atoms with Crippen LogP contribution in [0.1, 0.15) is 53.4 Å². The Labute approximate surface area is 260 Å².